The van der Waals surface area contributed by atoms with Crippen molar-refractivity contribution in [3.8, 4) is 0 Å². The van der Waals surface area contributed by atoms with Crippen LogP contribution in [0, 0.1) is 6.92 Å². The number of hydrogen-bond donors (Lipinski definition) is 1. The molecule has 0 fully saturated rings. The molecule has 0 amide bonds. The summed E-state index contributed by atoms with van der Waals surface area (Å²) in [7, 11) is 0. The summed E-state index contributed by atoms with van der Waals surface area (Å²) in [6.07, 6.45) is 4.35. The highest BCUT2D eigenvalue weighted by molar-refractivity contribution is 5.97. The highest BCUT2D eigenvalue weighted by atomic mass is 16.4. The number of aromatic carboxylic acids is 1. The van der Waals surface area contributed by atoms with Crippen molar-refractivity contribution >= 4 is 16.9 Å². The van der Waals surface area contributed by atoms with Crippen molar-refractivity contribution in [1.29, 1.82) is 0 Å². The molecule has 0 radical (unpaired) electrons. The predicted molar refractivity (Wildman–Crippen MR) is 101 cm³/mol. The molecule has 1 aromatic heterocycles. The quantitative estimate of drug-likeness (QED) is 0.739. The zero-order chi connectivity index (χ0) is 18.1. The average molecular weight is 329 g/mol. The lowest BCUT2D eigenvalue weighted by Gasteiger charge is -2.23. The van der Waals surface area contributed by atoms with Crippen LogP contribution in [0.1, 0.15) is 81.1 Å². The summed E-state index contributed by atoms with van der Waals surface area (Å²) in [6.45, 7) is 14.1. The van der Waals surface area contributed by atoms with Gasteiger partial charge in [0.15, 0.2) is 0 Å². The fraction of sp³-hybridized carbons (Fsp3) is 0.571. The zero-order valence-electron chi connectivity index (χ0n) is 16.0. The number of carboxylic acid groups (broad SMARTS) is 1. The molecule has 0 aliphatic heterocycles. The van der Waals surface area contributed by atoms with Gasteiger partial charge in [-0.15, -0.1) is 0 Å². The van der Waals surface area contributed by atoms with Gasteiger partial charge in [-0.3, -0.25) is 0 Å². The molecule has 0 unspecified atom stereocenters. The molecule has 2 aromatic rings. The van der Waals surface area contributed by atoms with Crippen molar-refractivity contribution in [2.45, 2.75) is 79.2 Å². The van der Waals surface area contributed by atoms with Crippen molar-refractivity contribution in [2.75, 3.05) is 0 Å². The van der Waals surface area contributed by atoms with E-state index >= 15 is 0 Å². The molecule has 0 atom stereocenters. The Morgan fingerprint density at radius 2 is 1.83 bits per heavy atom. The van der Waals surface area contributed by atoms with E-state index in [4.69, 9.17) is 0 Å². The number of carboxylic acids is 1. The van der Waals surface area contributed by atoms with Crippen molar-refractivity contribution in [3.63, 3.8) is 0 Å². The minimum Gasteiger partial charge on any atom is -0.478 e. The van der Waals surface area contributed by atoms with E-state index in [1.807, 2.05) is 12.1 Å². The smallest absolute Gasteiger partial charge is 0.335 e. The van der Waals surface area contributed by atoms with Crippen molar-refractivity contribution in [1.82, 2.24) is 4.57 Å². The maximum Gasteiger partial charge on any atom is 0.335 e. The van der Waals surface area contributed by atoms with Gasteiger partial charge in [0.25, 0.3) is 0 Å². The SMILES string of the molecule is CCCCn1c(C)c(CCC)c2cc(C(=O)O)cc(C(C)(C)C)c21. The van der Waals surface area contributed by atoms with Crippen molar-refractivity contribution < 1.29 is 9.90 Å². The summed E-state index contributed by atoms with van der Waals surface area (Å²) in [4.78, 5) is 11.6. The van der Waals surface area contributed by atoms with Gasteiger partial charge in [0.05, 0.1) is 11.1 Å². The number of carbonyl (C=O) groups is 1. The molecule has 0 spiro atoms. The molecule has 3 heteroatoms. The highest BCUT2D eigenvalue weighted by Gasteiger charge is 2.25. The van der Waals surface area contributed by atoms with Gasteiger partial charge in [-0.2, -0.15) is 0 Å². The van der Waals surface area contributed by atoms with Gasteiger partial charge in [0.1, 0.15) is 0 Å². The van der Waals surface area contributed by atoms with Gasteiger partial charge in [0.2, 0.25) is 0 Å². The second kappa shape index (κ2) is 7.00. The van der Waals surface area contributed by atoms with Crippen LogP contribution in [0.3, 0.4) is 0 Å². The lowest BCUT2D eigenvalue weighted by Crippen LogP contribution is -2.15. The summed E-state index contributed by atoms with van der Waals surface area (Å²) >= 11 is 0. The first kappa shape index (κ1) is 18.6. The number of rotatable bonds is 6. The number of aryl methyl sites for hydroxylation is 2. The van der Waals surface area contributed by atoms with Crippen LogP contribution < -0.4 is 0 Å². The largest absolute Gasteiger partial charge is 0.478 e. The zero-order valence-corrected chi connectivity index (χ0v) is 16.0. The molecule has 132 valence electrons. The molecule has 0 aliphatic rings. The summed E-state index contributed by atoms with van der Waals surface area (Å²) in [5.41, 5.74) is 5.30. The maximum absolute atomic E-state index is 11.6. The molecular formula is C21H31NO2. The first-order valence-corrected chi connectivity index (χ1v) is 9.11. The Morgan fingerprint density at radius 3 is 2.33 bits per heavy atom. The third kappa shape index (κ3) is 3.35. The Bertz CT molecular complexity index is 748. The van der Waals surface area contributed by atoms with Crippen LogP contribution in [0.5, 0.6) is 0 Å². The number of aromatic nitrogens is 1. The Balaban J connectivity index is 2.90. The van der Waals surface area contributed by atoms with Crippen LogP contribution in [0.25, 0.3) is 10.9 Å². The summed E-state index contributed by atoms with van der Waals surface area (Å²) < 4.78 is 2.43. The van der Waals surface area contributed by atoms with Gasteiger partial charge in [0, 0.05) is 17.6 Å². The van der Waals surface area contributed by atoms with Crippen LogP contribution in [-0.2, 0) is 18.4 Å². The number of hydrogen-bond acceptors (Lipinski definition) is 1. The van der Waals surface area contributed by atoms with E-state index in [9.17, 15) is 9.90 Å². The maximum atomic E-state index is 11.6. The summed E-state index contributed by atoms with van der Waals surface area (Å²) in [5.74, 6) is -0.844. The standard InChI is InChI=1S/C21H31NO2/c1-7-9-11-22-14(3)16(10-8-2)17-12-15(20(23)24)13-18(19(17)22)21(4,5)6/h12-13H,7-11H2,1-6H3,(H,23,24). The molecule has 1 aromatic carbocycles. The Hall–Kier alpha value is -1.77. The van der Waals surface area contributed by atoms with E-state index in [2.05, 4.69) is 46.1 Å². The Kier molecular flexibility index (Phi) is 5.42. The number of fused-ring (bicyclic) bond motifs is 1. The fourth-order valence-electron chi connectivity index (χ4n) is 3.54. The van der Waals surface area contributed by atoms with Crippen molar-refractivity contribution in [3.05, 3.63) is 34.5 Å². The van der Waals surface area contributed by atoms with Gasteiger partial charge >= 0.3 is 5.97 Å². The lowest BCUT2D eigenvalue weighted by atomic mass is 9.84. The third-order valence-electron chi connectivity index (χ3n) is 4.84. The fourth-order valence-corrected chi connectivity index (χ4v) is 3.54. The topological polar surface area (TPSA) is 42.2 Å². The normalized spacial score (nSPS) is 12.1. The number of nitrogens with zero attached hydrogens (tertiary/aromatic N) is 1. The Labute approximate surface area is 145 Å². The first-order chi connectivity index (χ1) is 11.2. The molecule has 0 aliphatic carbocycles. The van der Waals surface area contributed by atoms with Crippen LogP contribution in [0.15, 0.2) is 12.1 Å². The van der Waals surface area contributed by atoms with E-state index in [1.54, 1.807) is 0 Å². The summed E-state index contributed by atoms with van der Waals surface area (Å²) in [5, 5.41) is 10.7. The average Bonchev–Trinajstić information content (AvgIpc) is 2.76. The molecule has 24 heavy (non-hydrogen) atoms. The predicted octanol–water partition coefficient (Wildman–Crippen LogP) is 5.70. The molecule has 1 heterocycles. The van der Waals surface area contributed by atoms with Gasteiger partial charge < -0.3 is 9.67 Å². The lowest BCUT2D eigenvalue weighted by molar-refractivity contribution is 0.0697. The van der Waals surface area contributed by atoms with E-state index in [-0.39, 0.29) is 5.41 Å². The van der Waals surface area contributed by atoms with Crippen LogP contribution in [0.2, 0.25) is 0 Å². The molecule has 0 saturated heterocycles. The van der Waals surface area contributed by atoms with Crippen LogP contribution in [-0.4, -0.2) is 15.6 Å². The highest BCUT2D eigenvalue weighted by Crippen LogP contribution is 2.37. The summed E-state index contributed by atoms with van der Waals surface area (Å²) in [6, 6.07) is 3.76. The van der Waals surface area contributed by atoms with E-state index in [1.165, 1.54) is 16.8 Å². The van der Waals surface area contributed by atoms with E-state index in [0.29, 0.717) is 5.56 Å². The first-order valence-electron chi connectivity index (χ1n) is 9.11. The third-order valence-corrected chi connectivity index (χ3v) is 4.84. The minimum absolute atomic E-state index is 0.0953. The van der Waals surface area contributed by atoms with E-state index in [0.717, 1.165) is 43.2 Å². The Morgan fingerprint density at radius 1 is 1.17 bits per heavy atom. The minimum atomic E-state index is -0.844. The molecule has 0 bridgehead atoms. The second-order valence-corrected chi connectivity index (χ2v) is 7.79. The number of unbranched alkanes of at least 4 members (excludes halogenated alkanes) is 1. The van der Waals surface area contributed by atoms with Crippen LogP contribution >= 0.6 is 0 Å². The van der Waals surface area contributed by atoms with Crippen LogP contribution in [0.4, 0.5) is 0 Å². The van der Waals surface area contributed by atoms with Gasteiger partial charge in [-0.25, -0.2) is 4.79 Å². The molecule has 1 N–H and O–H groups in total. The number of benzene rings is 1. The molecule has 0 saturated carbocycles. The monoisotopic (exact) mass is 329 g/mol. The molecule has 3 nitrogen and oxygen atoms in total. The molecular weight excluding hydrogens is 298 g/mol. The van der Waals surface area contributed by atoms with Gasteiger partial charge in [-0.05, 0) is 48.4 Å². The van der Waals surface area contributed by atoms with E-state index < -0.39 is 5.97 Å². The van der Waals surface area contributed by atoms with Gasteiger partial charge in [-0.1, -0.05) is 47.5 Å². The van der Waals surface area contributed by atoms with Crippen molar-refractivity contribution in [2.24, 2.45) is 0 Å². The molecule has 2 rings (SSSR count). The second-order valence-electron chi connectivity index (χ2n) is 7.79.